The van der Waals surface area contributed by atoms with Gasteiger partial charge < -0.3 is 10.6 Å². The Labute approximate surface area is 141 Å². The number of hydrogen-bond donors (Lipinski definition) is 1. The fourth-order valence-electron chi connectivity index (χ4n) is 3.84. The lowest BCUT2D eigenvalue weighted by atomic mass is 10.0. The van der Waals surface area contributed by atoms with E-state index in [1.165, 1.54) is 6.07 Å². The molecule has 6 heteroatoms. The van der Waals surface area contributed by atoms with Crippen LogP contribution in [0.1, 0.15) is 41.6 Å². The van der Waals surface area contributed by atoms with E-state index in [0.717, 1.165) is 32.2 Å². The smallest absolute Gasteiger partial charge is 0.253 e. The van der Waals surface area contributed by atoms with Crippen LogP contribution in [0.3, 0.4) is 0 Å². The van der Waals surface area contributed by atoms with E-state index < -0.39 is 0 Å². The number of hydrogen-bond acceptors (Lipinski definition) is 3. The number of aryl methyl sites for hydroxylation is 1. The third kappa shape index (κ3) is 3.29. The molecule has 2 aliphatic heterocycles. The van der Waals surface area contributed by atoms with Crippen LogP contribution in [-0.4, -0.2) is 53.3 Å². The summed E-state index contributed by atoms with van der Waals surface area (Å²) in [6, 6.07) is 4.76. The molecule has 2 heterocycles. The van der Waals surface area contributed by atoms with E-state index in [1.54, 1.807) is 24.0 Å². The molecule has 0 spiro atoms. The summed E-state index contributed by atoms with van der Waals surface area (Å²) in [5, 5.41) is 0. The predicted octanol–water partition coefficient (Wildman–Crippen LogP) is 1.69. The molecule has 0 radical (unpaired) electrons. The molecule has 3 rings (SSSR count). The first-order valence-corrected chi connectivity index (χ1v) is 8.58. The van der Waals surface area contributed by atoms with Crippen LogP contribution in [0.15, 0.2) is 18.2 Å². The molecule has 1 aromatic carbocycles. The van der Waals surface area contributed by atoms with Crippen LogP contribution >= 0.6 is 0 Å². The van der Waals surface area contributed by atoms with Gasteiger partial charge in [-0.3, -0.25) is 14.5 Å². The zero-order chi connectivity index (χ0) is 17.3. The topological polar surface area (TPSA) is 66.6 Å². The van der Waals surface area contributed by atoms with Crippen molar-refractivity contribution in [3.8, 4) is 0 Å². The maximum atomic E-state index is 13.7. The Bertz CT molecular complexity index is 641. The van der Waals surface area contributed by atoms with Gasteiger partial charge in [-0.15, -0.1) is 0 Å². The molecule has 1 aromatic rings. The van der Waals surface area contributed by atoms with Gasteiger partial charge in [0.25, 0.3) is 5.91 Å². The zero-order valence-electron chi connectivity index (χ0n) is 14.0. The molecule has 5 nitrogen and oxygen atoms in total. The van der Waals surface area contributed by atoms with Gasteiger partial charge in [-0.1, -0.05) is 6.07 Å². The zero-order valence-corrected chi connectivity index (χ0v) is 14.0. The van der Waals surface area contributed by atoms with E-state index in [0.29, 0.717) is 30.3 Å². The summed E-state index contributed by atoms with van der Waals surface area (Å²) >= 11 is 0. The van der Waals surface area contributed by atoms with Crippen LogP contribution in [0.5, 0.6) is 0 Å². The molecule has 2 amide bonds. The Balaban J connectivity index is 1.61. The number of rotatable bonds is 3. The molecule has 2 fully saturated rings. The van der Waals surface area contributed by atoms with Crippen LogP contribution < -0.4 is 5.73 Å². The minimum atomic E-state index is -0.350. The number of likely N-dealkylation sites (tertiary alicyclic amines) is 2. The van der Waals surface area contributed by atoms with Gasteiger partial charge in [0, 0.05) is 24.7 Å². The summed E-state index contributed by atoms with van der Waals surface area (Å²) in [5.41, 5.74) is 6.43. The largest absolute Gasteiger partial charge is 0.368 e. The fourth-order valence-corrected chi connectivity index (χ4v) is 3.84. The van der Waals surface area contributed by atoms with Gasteiger partial charge in [0.2, 0.25) is 5.91 Å². The van der Waals surface area contributed by atoms with Gasteiger partial charge in [-0.2, -0.15) is 0 Å². The number of nitrogens with two attached hydrogens (primary N) is 1. The molecule has 0 bridgehead atoms. The number of carbonyl (C=O) groups excluding carboxylic acids is 2. The molecule has 0 aliphatic carbocycles. The third-order valence-electron chi connectivity index (χ3n) is 5.26. The molecule has 2 N–H and O–H groups in total. The summed E-state index contributed by atoms with van der Waals surface area (Å²) in [7, 11) is 0. The molecule has 24 heavy (non-hydrogen) atoms. The number of carbonyl (C=O) groups is 2. The van der Waals surface area contributed by atoms with Crippen LogP contribution in [0.2, 0.25) is 0 Å². The van der Waals surface area contributed by atoms with Gasteiger partial charge in [0.05, 0.1) is 6.04 Å². The van der Waals surface area contributed by atoms with E-state index in [2.05, 4.69) is 4.90 Å². The summed E-state index contributed by atoms with van der Waals surface area (Å²) in [5.74, 6) is -0.724. The predicted molar refractivity (Wildman–Crippen MR) is 89.0 cm³/mol. The fraction of sp³-hybridized carbons (Fsp3) is 0.556. The minimum Gasteiger partial charge on any atom is -0.368 e. The Morgan fingerprint density at radius 1 is 1.17 bits per heavy atom. The summed E-state index contributed by atoms with van der Waals surface area (Å²) in [6.45, 7) is 3.83. The van der Waals surface area contributed by atoms with Crippen molar-refractivity contribution in [3.63, 3.8) is 0 Å². The van der Waals surface area contributed by atoms with Crippen molar-refractivity contribution in [1.82, 2.24) is 9.80 Å². The Hall–Kier alpha value is -1.95. The maximum Gasteiger partial charge on any atom is 0.253 e. The van der Waals surface area contributed by atoms with Gasteiger partial charge in [0.1, 0.15) is 5.82 Å². The number of halogens is 1. The lowest BCUT2D eigenvalue weighted by Gasteiger charge is -2.38. The lowest BCUT2D eigenvalue weighted by molar-refractivity contribution is -0.123. The summed E-state index contributed by atoms with van der Waals surface area (Å²) in [4.78, 5) is 28.1. The first-order valence-electron chi connectivity index (χ1n) is 8.58. The third-order valence-corrected chi connectivity index (χ3v) is 5.26. The molecule has 2 saturated heterocycles. The number of amides is 2. The van der Waals surface area contributed by atoms with Gasteiger partial charge in [-0.05, 0) is 56.8 Å². The van der Waals surface area contributed by atoms with Crippen molar-refractivity contribution >= 4 is 11.8 Å². The number of benzene rings is 1. The van der Waals surface area contributed by atoms with Crippen LogP contribution in [0.25, 0.3) is 0 Å². The van der Waals surface area contributed by atoms with E-state index in [1.807, 2.05) is 0 Å². The van der Waals surface area contributed by atoms with Crippen molar-refractivity contribution in [2.45, 2.75) is 44.7 Å². The number of nitrogens with zero attached hydrogens (tertiary/aromatic N) is 2. The van der Waals surface area contributed by atoms with Crippen molar-refractivity contribution < 1.29 is 14.0 Å². The Morgan fingerprint density at radius 3 is 2.50 bits per heavy atom. The minimum absolute atomic E-state index is 0.125. The van der Waals surface area contributed by atoms with Gasteiger partial charge in [-0.25, -0.2) is 4.39 Å². The highest BCUT2D eigenvalue weighted by Crippen LogP contribution is 2.26. The normalized spacial score (nSPS) is 22.8. The highest BCUT2D eigenvalue weighted by molar-refractivity contribution is 5.94. The van der Waals surface area contributed by atoms with E-state index in [4.69, 9.17) is 5.73 Å². The second-order valence-corrected chi connectivity index (χ2v) is 6.79. The average molecular weight is 333 g/mol. The molecule has 130 valence electrons. The highest BCUT2D eigenvalue weighted by Gasteiger charge is 2.36. The molecule has 0 unspecified atom stereocenters. The quantitative estimate of drug-likeness (QED) is 0.915. The summed E-state index contributed by atoms with van der Waals surface area (Å²) in [6.07, 6.45) is 3.47. The molecule has 2 aliphatic rings. The highest BCUT2D eigenvalue weighted by atomic mass is 19.1. The number of primary amides is 1. The monoisotopic (exact) mass is 333 g/mol. The SMILES string of the molecule is Cc1ccc(C(=O)N2CCC(N3CCC[C@H]3C(N)=O)CC2)cc1F. The van der Waals surface area contributed by atoms with E-state index in [9.17, 15) is 14.0 Å². The Kier molecular flexibility index (Phi) is 4.85. The van der Waals surface area contributed by atoms with Gasteiger partial charge >= 0.3 is 0 Å². The first kappa shape index (κ1) is 16.9. The van der Waals surface area contributed by atoms with Crippen LogP contribution in [0, 0.1) is 12.7 Å². The second kappa shape index (κ2) is 6.89. The van der Waals surface area contributed by atoms with Crippen LogP contribution in [-0.2, 0) is 4.79 Å². The van der Waals surface area contributed by atoms with Crippen molar-refractivity contribution in [2.75, 3.05) is 19.6 Å². The van der Waals surface area contributed by atoms with Crippen molar-refractivity contribution in [3.05, 3.63) is 35.1 Å². The maximum absolute atomic E-state index is 13.7. The molecular weight excluding hydrogens is 309 g/mol. The van der Waals surface area contributed by atoms with E-state index in [-0.39, 0.29) is 23.7 Å². The molecule has 1 atom stereocenters. The average Bonchev–Trinajstić information content (AvgIpc) is 3.07. The van der Waals surface area contributed by atoms with Crippen molar-refractivity contribution in [2.24, 2.45) is 5.73 Å². The van der Waals surface area contributed by atoms with Crippen molar-refractivity contribution in [1.29, 1.82) is 0 Å². The molecular formula is C18H24FN3O2. The van der Waals surface area contributed by atoms with Crippen LogP contribution in [0.4, 0.5) is 4.39 Å². The standard InChI is InChI=1S/C18H24FN3O2/c1-12-4-5-13(11-15(12)19)18(24)21-9-6-14(7-10-21)22-8-2-3-16(22)17(20)23/h4-5,11,14,16H,2-3,6-10H2,1H3,(H2,20,23)/t16-/m0/s1. The number of piperidine rings is 1. The first-order chi connectivity index (χ1) is 11.5. The summed E-state index contributed by atoms with van der Waals surface area (Å²) < 4.78 is 13.7. The lowest BCUT2D eigenvalue weighted by Crippen LogP contribution is -2.51. The molecule has 0 aromatic heterocycles. The van der Waals surface area contributed by atoms with Gasteiger partial charge in [0.15, 0.2) is 0 Å². The second-order valence-electron chi connectivity index (χ2n) is 6.79. The van der Waals surface area contributed by atoms with E-state index >= 15 is 0 Å². The molecule has 0 saturated carbocycles. The Morgan fingerprint density at radius 2 is 1.88 bits per heavy atom.